The summed E-state index contributed by atoms with van der Waals surface area (Å²) in [7, 11) is 0. The molecule has 5 nitrogen and oxygen atoms in total. The van der Waals surface area contributed by atoms with Crippen molar-refractivity contribution in [2.75, 3.05) is 0 Å². The number of nitrogens with one attached hydrogen (secondary N) is 1. The predicted molar refractivity (Wildman–Crippen MR) is 83.6 cm³/mol. The first-order chi connectivity index (χ1) is 10.6. The smallest absolute Gasteiger partial charge is 0.326 e. The van der Waals surface area contributed by atoms with Crippen LogP contribution in [0.2, 0.25) is 0 Å². The van der Waals surface area contributed by atoms with Crippen LogP contribution >= 0.6 is 0 Å². The van der Waals surface area contributed by atoms with Crippen molar-refractivity contribution in [1.29, 1.82) is 0 Å². The molecule has 1 amide bonds. The van der Waals surface area contributed by atoms with Gasteiger partial charge in [0.15, 0.2) is 0 Å². The molecule has 1 saturated carbocycles. The lowest BCUT2D eigenvalue weighted by atomic mass is 10.1. The fraction of sp³-hybridized carbons (Fsp3) is 0.412. The van der Waals surface area contributed by atoms with E-state index in [0.717, 1.165) is 35.9 Å². The van der Waals surface area contributed by atoms with E-state index in [1.54, 1.807) is 0 Å². The Morgan fingerprint density at radius 2 is 2.09 bits per heavy atom. The number of aromatic nitrogens is 1. The van der Waals surface area contributed by atoms with Gasteiger partial charge < -0.3 is 15.0 Å². The lowest BCUT2D eigenvalue weighted by Crippen LogP contribution is -2.43. The molecule has 0 aliphatic heterocycles. The Bertz CT molecular complexity index is 716. The number of fused-ring (bicyclic) bond motifs is 1. The predicted octanol–water partition coefficient (Wildman–Crippen LogP) is 2.18. The van der Waals surface area contributed by atoms with Crippen LogP contribution in [0.3, 0.4) is 0 Å². The molecule has 5 heteroatoms. The minimum atomic E-state index is -0.938. The summed E-state index contributed by atoms with van der Waals surface area (Å²) in [6.45, 7) is 2.89. The Hall–Kier alpha value is -2.30. The molecule has 0 saturated heterocycles. The van der Waals surface area contributed by atoms with E-state index in [0.29, 0.717) is 0 Å². The summed E-state index contributed by atoms with van der Waals surface area (Å²) < 4.78 is 2.10. The summed E-state index contributed by atoms with van der Waals surface area (Å²) in [5.41, 5.74) is 2.04. The molecule has 2 N–H and O–H groups in total. The van der Waals surface area contributed by atoms with Crippen molar-refractivity contribution in [3.05, 3.63) is 36.0 Å². The molecule has 1 aromatic carbocycles. The van der Waals surface area contributed by atoms with Crippen LogP contribution in [0.15, 0.2) is 30.5 Å². The monoisotopic (exact) mass is 300 g/mol. The summed E-state index contributed by atoms with van der Waals surface area (Å²) in [6.07, 6.45) is 3.96. The van der Waals surface area contributed by atoms with Crippen LogP contribution in [0.4, 0.5) is 0 Å². The lowest BCUT2D eigenvalue weighted by Gasteiger charge is -2.13. The highest BCUT2D eigenvalue weighted by atomic mass is 16.4. The number of aliphatic carboxylic acids is 1. The van der Waals surface area contributed by atoms with Gasteiger partial charge in [0.05, 0.1) is 6.42 Å². The molecule has 1 aliphatic rings. The van der Waals surface area contributed by atoms with Crippen molar-refractivity contribution in [3.8, 4) is 0 Å². The van der Waals surface area contributed by atoms with Crippen molar-refractivity contribution < 1.29 is 14.7 Å². The molecule has 22 heavy (non-hydrogen) atoms. The molecule has 1 aromatic heterocycles. The van der Waals surface area contributed by atoms with Gasteiger partial charge in [-0.25, -0.2) is 4.79 Å². The highest BCUT2D eigenvalue weighted by Gasteiger charge is 2.37. The third-order valence-corrected chi connectivity index (χ3v) is 4.24. The number of hydrogen-bond donors (Lipinski definition) is 2. The Morgan fingerprint density at radius 1 is 1.36 bits per heavy atom. The first-order valence-corrected chi connectivity index (χ1v) is 7.69. The first-order valence-electron chi connectivity index (χ1n) is 7.69. The standard InChI is InChI=1S/C17H20N2O3/c1-2-19-10-12(13-5-3-4-6-14(13)19)9-15(20)18-16(17(21)22)11-7-8-11/h3-6,10-11,16H,2,7-9H2,1H3,(H,18,20)(H,21,22). The molecular weight excluding hydrogens is 280 g/mol. The van der Waals surface area contributed by atoms with E-state index in [2.05, 4.69) is 16.8 Å². The van der Waals surface area contributed by atoms with Crippen LogP contribution in [0.5, 0.6) is 0 Å². The third-order valence-electron chi connectivity index (χ3n) is 4.24. The quantitative estimate of drug-likeness (QED) is 0.859. The van der Waals surface area contributed by atoms with Gasteiger partial charge in [-0.3, -0.25) is 4.79 Å². The molecule has 1 aliphatic carbocycles. The fourth-order valence-corrected chi connectivity index (χ4v) is 2.93. The van der Waals surface area contributed by atoms with E-state index in [4.69, 9.17) is 0 Å². The Morgan fingerprint density at radius 3 is 2.73 bits per heavy atom. The number of carboxylic acid groups (broad SMARTS) is 1. The van der Waals surface area contributed by atoms with Crippen molar-refractivity contribution in [1.82, 2.24) is 9.88 Å². The molecule has 2 aromatic rings. The number of carbonyl (C=O) groups is 2. The van der Waals surface area contributed by atoms with Crippen LogP contribution in [-0.4, -0.2) is 27.6 Å². The van der Waals surface area contributed by atoms with Crippen molar-refractivity contribution in [2.45, 2.75) is 38.8 Å². The zero-order valence-electron chi connectivity index (χ0n) is 12.6. The van der Waals surface area contributed by atoms with Crippen LogP contribution in [0, 0.1) is 5.92 Å². The van der Waals surface area contributed by atoms with E-state index >= 15 is 0 Å². The van der Waals surface area contributed by atoms with E-state index in [1.807, 2.05) is 30.5 Å². The lowest BCUT2D eigenvalue weighted by molar-refractivity contribution is -0.142. The number of hydrogen-bond acceptors (Lipinski definition) is 2. The molecule has 3 rings (SSSR count). The van der Waals surface area contributed by atoms with Crippen molar-refractivity contribution in [2.24, 2.45) is 5.92 Å². The van der Waals surface area contributed by atoms with E-state index in [9.17, 15) is 14.7 Å². The summed E-state index contributed by atoms with van der Waals surface area (Å²) in [5.74, 6) is -1.07. The zero-order valence-corrected chi connectivity index (χ0v) is 12.6. The van der Waals surface area contributed by atoms with Crippen LogP contribution in [-0.2, 0) is 22.6 Å². The number of nitrogens with zero attached hydrogens (tertiary/aromatic N) is 1. The van der Waals surface area contributed by atoms with E-state index in [-0.39, 0.29) is 18.2 Å². The number of amides is 1. The number of carboxylic acids is 1. The van der Waals surface area contributed by atoms with Crippen LogP contribution in [0.25, 0.3) is 10.9 Å². The van der Waals surface area contributed by atoms with Crippen molar-refractivity contribution >= 4 is 22.8 Å². The zero-order chi connectivity index (χ0) is 15.7. The van der Waals surface area contributed by atoms with Gasteiger partial charge in [0.25, 0.3) is 0 Å². The van der Waals surface area contributed by atoms with Gasteiger partial charge in [0.1, 0.15) is 6.04 Å². The highest BCUT2D eigenvalue weighted by molar-refractivity contribution is 5.91. The molecule has 116 valence electrons. The molecule has 0 radical (unpaired) electrons. The second-order valence-electron chi connectivity index (χ2n) is 5.86. The van der Waals surface area contributed by atoms with Crippen LogP contribution < -0.4 is 5.32 Å². The molecular formula is C17H20N2O3. The Labute approximate surface area is 128 Å². The summed E-state index contributed by atoms with van der Waals surface area (Å²) in [5, 5.41) is 12.9. The SMILES string of the molecule is CCn1cc(CC(=O)NC(C(=O)O)C2CC2)c2ccccc21. The molecule has 1 atom stereocenters. The summed E-state index contributed by atoms with van der Waals surface area (Å²) in [4.78, 5) is 23.4. The van der Waals surface area contributed by atoms with Gasteiger partial charge >= 0.3 is 5.97 Å². The number of rotatable bonds is 6. The van der Waals surface area contributed by atoms with Crippen LogP contribution in [0.1, 0.15) is 25.3 Å². The largest absolute Gasteiger partial charge is 0.480 e. The van der Waals surface area contributed by atoms with E-state index in [1.165, 1.54) is 0 Å². The minimum Gasteiger partial charge on any atom is -0.480 e. The number of benzene rings is 1. The van der Waals surface area contributed by atoms with Gasteiger partial charge in [-0.15, -0.1) is 0 Å². The summed E-state index contributed by atoms with van der Waals surface area (Å²) in [6, 6.07) is 7.22. The average Bonchev–Trinajstić information content (AvgIpc) is 3.28. The minimum absolute atomic E-state index is 0.0958. The van der Waals surface area contributed by atoms with E-state index < -0.39 is 12.0 Å². The molecule has 0 spiro atoms. The summed E-state index contributed by atoms with van der Waals surface area (Å²) >= 11 is 0. The maximum absolute atomic E-state index is 12.2. The second kappa shape index (κ2) is 5.83. The fourth-order valence-electron chi connectivity index (χ4n) is 2.93. The van der Waals surface area contributed by atoms with Gasteiger partial charge in [0.2, 0.25) is 5.91 Å². The van der Waals surface area contributed by atoms with Gasteiger partial charge in [-0.05, 0) is 37.3 Å². The molecule has 1 fully saturated rings. The normalized spacial score (nSPS) is 15.7. The number of carbonyl (C=O) groups excluding carboxylic acids is 1. The number of para-hydroxylation sites is 1. The Kier molecular flexibility index (Phi) is 3.88. The van der Waals surface area contributed by atoms with Gasteiger partial charge in [-0.2, -0.15) is 0 Å². The van der Waals surface area contributed by atoms with Gasteiger partial charge in [-0.1, -0.05) is 18.2 Å². The topological polar surface area (TPSA) is 71.3 Å². The third kappa shape index (κ3) is 2.84. The maximum atomic E-state index is 12.2. The first kappa shape index (κ1) is 14.6. The van der Waals surface area contributed by atoms with Crippen molar-refractivity contribution in [3.63, 3.8) is 0 Å². The number of aryl methyl sites for hydroxylation is 1. The Balaban J connectivity index is 1.78. The highest BCUT2D eigenvalue weighted by Crippen LogP contribution is 2.32. The van der Waals surface area contributed by atoms with Gasteiger partial charge in [0, 0.05) is 23.6 Å². The average molecular weight is 300 g/mol. The maximum Gasteiger partial charge on any atom is 0.326 e. The molecule has 1 unspecified atom stereocenters. The second-order valence-corrected chi connectivity index (χ2v) is 5.86. The molecule has 0 bridgehead atoms. The molecule has 1 heterocycles.